The van der Waals surface area contributed by atoms with Gasteiger partial charge in [-0.3, -0.25) is 4.79 Å². The molecule has 2 heterocycles. The molecule has 1 saturated heterocycles. The zero-order chi connectivity index (χ0) is 17.6. The number of aromatic nitrogens is 3. The van der Waals surface area contributed by atoms with Gasteiger partial charge in [-0.25, -0.2) is 9.67 Å². The maximum atomic E-state index is 13.1. The van der Waals surface area contributed by atoms with Crippen LogP contribution in [0.4, 0.5) is 0 Å². The van der Waals surface area contributed by atoms with E-state index in [1.807, 2.05) is 65.6 Å². The summed E-state index contributed by atoms with van der Waals surface area (Å²) in [4.78, 5) is 19.8. The summed E-state index contributed by atoms with van der Waals surface area (Å²) >= 11 is 0. The van der Waals surface area contributed by atoms with Crippen molar-refractivity contribution in [2.75, 3.05) is 6.54 Å². The molecule has 26 heavy (non-hydrogen) atoms. The highest BCUT2D eigenvalue weighted by Crippen LogP contribution is 2.49. The van der Waals surface area contributed by atoms with Gasteiger partial charge in [0.15, 0.2) is 5.82 Å². The lowest BCUT2D eigenvalue weighted by molar-refractivity contribution is 0.0705. The molecule has 3 aromatic rings. The van der Waals surface area contributed by atoms with Gasteiger partial charge in [0, 0.05) is 17.6 Å². The fraction of sp³-hybridized carbons (Fsp3) is 0.286. The molecular weight excluding hydrogens is 324 g/mol. The average molecular weight is 344 g/mol. The fourth-order valence-corrected chi connectivity index (χ4v) is 3.97. The van der Waals surface area contributed by atoms with Crippen molar-refractivity contribution in [1.29, 1.82) is 0 Å². The first-order chi connectivity index (χ1) is 12.8. The number of amides is 1. The lowest BCUT2D eigenvalue weighted by Gasteiger charge is -2.22. The number of carbonyl (C=O) groups is 1. The Morgan fingerprint density at radius 1 is 0.923 bits per heavy atom. The van der Waals surface area contributed by atoms with Gasteiger partial charge >= 0.3 is 0 Å². The lowest BCUT2D eigenvalue weighted by atomic mass is 10.2. The Morgan fingerprint density at radius 2 is 1.62 bits per heavy atom. The van der Waals surface area contributed by atoms with Gasteiger partial charge in [0.05, 0.1) is 5.69 Å². The van der Waals surface area contributed by atoms with Crippen molar-refractivity contribution in [3.05, 3.63) is 66.5 Å². The molecule has 130 valence electrons. The maximum Gasteiger partial charge on any atom is 0.294 e. The summed E-state index contributed by atoms with van der Waals surface area (Å²) in [7, 11) is 0. The van der Waals surface area contributed by atoms with Crippen LogP contribution in [0.2, 0.25) is 0 Å². The number of hydrogen-bond acceptors (Lipinski definition) is 3. The van der Waals surface area contributed by atoms with Gasteiger partial charge in [-0.15, -0.1) is 5.10 Å². The third kappa shape index (κ3) is 2.43. The zero-order valence-corrected chi connectivity index (χ0v) is 14.5. The Morgan fingerprint density at radius 3 is 2.31 bits per heavy atom. The highest BCUT2D eigenvalue weighted by molar-refractivity contribution is 5.92. The standard InChI is InChI=1S/C21H20N4O/c26-20(24-15-7-12-21(24)13-14-21)18-22-19(16-8-3-1-4-9-16)25(23-18)17-10-5-2-6-11-17/h1-6,8-11H,7,12-15H2. The van der Waals surface area contributed by atoms with E-state index in [0.717, 1.165) is 43.5 Å². The second-order valence-electron chi connectivity index (χ2n) is 7.16. The molecule has 1 spiro atoms. The number of benzene rings is 2. The van der Waals surface area contributed by atoms with E-state index in [-0.39, 0.29) is 11.4 Å². The molecule has 2 fully saturated rings. The van der Waals surface area contributed by atoms with Crippen molar-refractivity contribution in [1.82, 2.24) is 19.7 Å². The summed E-state index contributed by atoms with van der Waals surface area (Å²) in [6, 6.07) is 19.8. The van der Waals surface area contributed by atoms with E-state index in [4.69, 9.17) is 0 Å². The van der Waals surface area contributed by atoms with Crippen molar-refractivity contribution in [2.45, 2.75) is 31.2 Å². The number of rotatable bonds is 3. The van der Waals surface area contributed by atoms with Gasteiger partial charge in [-0.05, 0) is 37.8 Å². The van der Waals surface area contributed by atoms with E-state index in [9.17, 15) is 4.79 Å². The Hall–Kier alpha value is -2.95. The van der Waals surface area contributed by atoms with Crippen LogP contribution in [0.3, 0.4) is 0 Å². The number of carbonyl (C=O) groups excluding carboxylic acids is 1. The third-order valence-corrected chi connectivity index (χ3v) is 5.50. The quantitative estimate of drug-likeness (QED) is 0.728. The van der Waals surface area contributed by atoms with Gasteiger partial charge in [-0.2, -0.15) is 0 Å². The molecule has 1 saturated carbocycles. The smallest absolute Gasteiger partial charge is 0.294 e. The molecule has 5 heteroatoms. The number of hydrogen-bond donors (Lipinski definition) is 0. The summed E-state index contributed by atoms with van der Waals surface area (Å²) in [5.74, 6) is 0.955. The highest BCUT2D eigenvalue weighted by atomic mass is 16.2. The molecule has 0 radical (unpaired) electrons. The van der Waals surface area contributed by atoms with Crippen molar-refractivity contribution >= 4 is 5.91 Å². The summed E-state index contributed by atoms with van der Waals surface area (Å²) < 4.78 is 1.78. The number of nitrogens with zero attached hydrogens (tertiary/aromatic N) is 4. The molecule has 1 aliphatic carbocycles. The van der Waals surface area contributed by atoms with Gasteiger partial charge in [0.25, 0.3) is 5.91 Å². The zero-order valence-electron chi connectivity index (χ0n) is 14.5. The van der Waals surface area contributed by atoms with Crippen LogP contribution in [0.5, 0.6) is 0 Å². The molecule has 0 unspecified atom stereocenters. The number of para-hydroxylation sites is 1. The van der Waals surface area contributed by atoms with Crippen LogP contribution in [-0.2, 0) is 0 Å². The van der Waals surface area contributed by atoms with Crippen LogP contribution in [0, 0.1) is 0 Å². The van der Waals surface area contributed by atoms with Gasteiger partial charge in [-0.1, -0.05) is 48.5 Å². The minimum atomic E-state index is -0.0353. The first-order valence-electron chi connectivity index (χ1n) is 9.17. The van der Waals surface area contributed by atoms with Crippen molar-refractivity contribution in [3.63, 3.8) is 0 Å². The van der Waals surface area contributed by atoms with Crippen molar-refractivity contribution in [3.8, 4) is 17.1 Å². The SMILES string of the molecule is O=C(c1nc(-c2ccccc2)n(-c2ccccc2)n1)N1CCCC12CC2. The normalized spacial score (nSPS) is 17.6. The van der Waals surface area contributed by atoms with Crippen molar-refractivity contribution in [2.24, 2.45) is 0 Å². The minimum absolute atomic E-state index is 0.0353. The second kappa shape index (κ2) is 5.80. The fourth-order valence-electron chi connectivity index (χ4n) is 3.97. The van der Waals surface area contributed by atoms with E-state index in [2.05, 4.69) is 10.1 Å². The third-order valence-electron chi connectivity index (χ3n) is 5.50. The summed E-state index contributed by atoms with van der Waals surface area (Å²) in [6.45, 7) is 0.819. The Bertz CT molecular complexity index is 888. The molecule has 0 N–H and O–H groups in total. The summed E-state index contributed by atoms with van der Waals surface area (Å²) in [5, 5.41) is 4.61. The Labute approximate surface area is 152 Å². The molecule has 0 atom stereocenters. The Kier molecular flexibility index (Phi) is 3.42. The largest absolute Gasteiger partial charge is 0.330 e. The molecule has 1 aliphatic heterocycles. The van der Waals surface area contributed by atoms with E-state index in [1.54, 1.807) is 4.68 Å². The maximum absolute atomic E-state index is 13.1. The van der Waals surface area contributed by atoms with Crippen LogP contribution in [0.15, 0.2) is 60.7 Å². The van der Waals surface area contributed by atoms with Crippen LogP contribution in [-0.4, -0.2) is 37.7 Å². The van der Waals surface area contributed by atoms with Crippen LogP contribution in [0.25, 0.3) is 17.1 Å². The molecule has 5 rings (SSSR count). The predicted molar refractivity (Wildman–Crippen MR) is 99.0 cm³/mol. The topological polar surface area (TPSA) is 51.0 Å². The summed E-state index contributed by atoms with van der Waals surface area (Å²) in [5.41, 5.74) is 1.95. The first kappa shape index (κ1) is 15.3. The lowest BCUT2D eigenvalue weighted by Crippen LogP contribution is -2.37. The second-order valence-corrected chi connectivity index (χ2v) is 7.16. The molecule has 1 aromatic heterocycles. The van der Waals surface area contributed by atoms with Gasteiger partial charge in [0.2, 0.25) is 5.82 Å². The molecule has 1 amide bonds. The molecule has 2 aromatic carbocycles. The van der Waals surface area contributed by atoms with Gasteiger partial charge in [0.1, 0.15) is 0 Å². The van der Waals surface area contributed by atoms with Crippen LogP contribution in [0.1, 0.15) is 36.3 Å². The van der Waals surface area contributed by atoms with E-state index in [1.165, 1.54) is 0 Å². The van der Waals surface area contributed by atoms with E-state index >= 15 is 0 Å². The minimum Gasteiger partial charge on any atom is -0.330 e. The number of likely N-dealkylation sites (tertiary alicyclic amines) is 1. The van der Waals surface area contributed by atoms with Crippen molar-refractivity contribution < 1.29 is 4.79 Å². The monoisotopic (exact) mass is 344 g/mol. The Balaban J connectivity index is 1.59. The van der Waals surface area contributed by atoms with Gasteiger partial charge < -0.3 is 4.90 Å². The van der Waals surface area contributed by atoms with Crippen LogP contribution >= 0.6 is 0 Å². The summed E-state index contributed by atoms with van der Waals surface area (Å²) in [6.07, 6.45) is 4.42. The molecule has 2 aliphatic rings. The predicted octanol–water partition coefficient (Wildman–Crippen LogP) is 3.70. The first-order valence-corrected chi connectivity index (χ1v) is 9.17. The highest BCUT2D eigenvalue weighted by Gasteiger charge is 2.53. The molecule has 5 nitrogen and oxygen atoms in total. The molecular formula is C21H20N4O. The van der Waals surface area contributed by atoms with Crippen LogP contribution < -0.4 is 0 Å². The molecule has 0 bridgehead atoms. The average Bonchev–Trinajstić information content (AvgIpc) is 3.15. The van der Waals surface area contributed by atoms with E-state index in [0.29, 0.717) is 11.6 Å². The van der Waals surface area contributed by atoms with E-state index < -0.39 is 0 Å².